The Kier molecular flexibility index (Phi) is 5.01. The lowest BCUT2D eigenvalue weighted by molar-refractivity contribution is -0.139. The zero-order chi connectivity index (χ0) is 15.3. The van der Waals surface area contributed by atoms with Crippen molar-refractivity contribution >= 4 is 17.8 Å². The first-order valence-corrected chi connectivity index (χ1v) is 5.80. The van der Waals surface area contributed by atoms with Crippen LogP contribution in [0.5, 0.6) is 0 Å². The SMILES string of the molecule is Cn1ccc(C(=O)N[C@H](CCC(N)=O)C(=O)O)cc1=O. The molecule has 1 aromatic heterocycles. The van der Waals surface area contributed by atoms with E-state index in [1.54, 1.807) is 0 Å². The maximum atomic E-state index is 11.8. The van der Waals surface area contributed by atoms with Crippen LogP contribution in [0.15, 0.2) is 23.1 Å². The number of nitrogens with zero attached hydrogens (tertiary/aromatic N) is 1. The van der Waals surface area contributed by atoms with Gasteiger partial charge in [-0.15, -0.1) is 0 Å². The summed E-state index contributed by atoms with van der Waals surface area (Å²) in [5.41, 5.74) is 4.60. The Morgan fingerprint density at radius 2 is 2.10 bits per heavy atom. The summed E-state index contributed by atoms with van der Waals surface area (Å²) in [6, 6.07) is 1.26. The highest BCUT2D eigenvalue weighted by atomic mass is 16.4. The van der Waals surface area contributed by atoms with Crippen LogP contribution >= 0.6 is 0 Å². The van der Waals surface area contributed by atoms with Crippen molar-refractivity contribution in [1.29, 1.82) is 0 Å². The molecular formula is C12H15N3O5. The molecule has 1 rings (SSSR count). The molecule has 1 aromatic rings. The molecule has 1 heterocycles. The van der Waals surface area contributed by atoms with Gasteiger partial charge in [-0.25, -0.2) is 4.79 Å². The van der Waals surface area contributed by atoms with E-state index in [9.17, 15) is 19.2 Å². The molecular weight excluding hydrogens is 266 g/mol. The molecule has 0 radical (unpaired) electrons. The number of nitrogens with one attached hydrogen (secondary N) is 1. The normalized spacial score (nSPS) is 11.7. The molecule has 8 heteroatoms. The second-order valence-corrected chi connectivity index (χ2v) is 4.23. The highest BCUT2D eigenvalue weighted by molar-refractivity contribution is 5.96. The third-order valence-electron chi connectivity index (χ3n) is 2.65. The Hall–Kier alpha value is -2.64. The number of primary amides is 1. The van der Waals surface area contributed by atoms with E-state index < -0.39 is 23.8 Å². The first kappa shape index (κ1) is 15.4. The number of hydrogen-bond donors (Lipinski definition) is 3. The number of aromatic nitrogens is 1. The molecule has 0 bridgehead atoms. The number of pyridine rings is 1. The van der Waals surface area contributed by atoms with Gasteiger partial charge in [-0.3, -0.25) is 14.4 Å². The summed E-state index contributed by atoms with van der Waals surface area (Å²) in [6.07, 6.45) is 1.13. The fourth-order valence-corrected chi connectivity index (χ4v) is 1.48. The number of carbonyl (C=O) groups is 3. The first-order chi connectivity index (χ1) is 9.31. The van der Waals surface area contributed by atoms with Crippen molar-refractivity contribution in [3.05, 3.63) is 34.2 Å². The van der Waals surface area contributed by atoms with Crippen LogP contribution in [0.3, 0.4) is 0 Å². The lowest BCUT2D eigenvalue weighted by Gasteiger charge is -2.13. The van der Waals surface area contributed by atoms with Gasteiger partial charge in [0, 0.05) is 31.3 Å². The molecule has 108 valence electrons. The lowest BCUT2D eigenvalue weighted by atomic mass is 10.1. The number of carbonyl (C=O) groups excluding carboxylic acids is 2. The fraction of sp³-hybridized carbons (Fsp3) is 0.333. The van der Waals surface area contributed by atoms with Gasteiger partial charge < -0.3 is 20.7 Å². The van der Waals surface area contributed by atoms with E-state index >= 15 is 0 Å². The topological polar surface area (TPSA) is 131 Å². The average Bonchev–Trinajstić information content (AvgIpc) is 2.36. The van der Waals surface area contributed by atoms with Crippen LogP contribution < -0.4 is 16.6 Å². The summed E-state index contributed by atoms with van der Waals surface area (Å²) in [6.45, 7) is 0. The van der Waals surface area contributed by atoms with Crippen LogP contribution in [0.2, 0.25) is 0 Å². The van der Waals surface area contributed by atoms with Crippen LogP contribution in [0.25, 0.3) is 0 Å². The van der Waals surface area contributed by atoms with Gasteiger partial charge in [0.25, 0.3) is 11.5 Å². The molecule has 0 aliphatic carbocycles. The van der Waals surface area contributed by atoms with Gasteiger partial charge in [-0.2, -0.15) is 0 Å². The van der Waals surface area contributed by atoms with Crippen LogP contribution in [0, 0.1) is 0 Å². The molecule has 0 aromatic carbocycles. The number of amides is 2. The van der Waals surface area contributed by atoms with Crippen molar-refractivity contribution in [2.75, 3.05) is 0 Å². The van der Waals surface area contributed by atoms with Gasteiger partial charge in [0.05, 0.1) is 0 Å². The minimum absolute atomic E-state index is 0.0541. The molecule has 4 N–H and O–H groups in total. The van der Waals surface area contributed by atoms with Gasteiger partial charge in [0.15, 0.2) is 0 Å². The van der Waals surface area contributed by atoms with Crippen LogP contribution in [-0.2, 0) is 16.6 Å². The van der Waals surface area contributed by atoms with Crippen molar-refractivity contribution in [2.24, 2.45) is 12.8 Å². The molecule has 0 saturated carbocycles. The zero-order valence-electron chi connectivity index (χ0n) is 10.8. The van der Waals surface area contributed by atoms with Crippen molar-refractivity contribution < 1.29 is 19.5 Å². The molecule has 0 aliphatic heterocycles. The average molecular weight is 281 g/mol. The van der Waals surface area contributed by atoms with Gasteiger partial charge in [-0.05, 0) is 12.5 Å². The Balaban J connectivity index is 2.79. The van der Waals surface area contributed by atoms with Crippen LogP contribution in [0.4, 0.5) is 0 Å². The molecule has 1 atom stereocenters. The number of carboxylic acid groups (broad SMARTS) is 1. The number of hydrogen-bond acceptors (Lipinski definition) is 4. The highest BCUT2D eigenvalue weighted by Crippen LogP contribution is 2.01. The minimum atomic E-state index is -1.27. The third kappa shape index (κ3) is 4.23. The van der Waals surface area contributed by atoms with E-state index in [0.29, 0.717) is 0 Å². The number of rotatable bonds is 6. The zero-order valence-corrected chi connectivity index (χ0v) is 10.8. The van der Waals surface area contributed by atoms with Gasteiger partial charge >= 0.3 is 5.97 Å². The Morgan fingerprint density at radius 1 is 1.45 bits per heavy atom. The smallest absolute Gasteiger partial charge is 0.326 e. The standard InChI is InChI=1S/C12H15N3O5/c1-15-5-4-7(6-10(15)17)11(18)14-8(12(19)20)2-3-9(13)16/h4-6,8H,2-3H2,1H3,(H2,13,16)(H,14,18)(H,19,20)/t8-/m1/s1. The van der Waals surface area contributed by atoms with Crippen molar-refractivity contribution in [3.8, 4) is 0 Å². The number of aliphatic carboxylic acids is 1. The molecule has 20 heavy (non-hydrogen) atoms. The Labute approximate surface area is 114 Å². The summed E-state index contributed by atoms with van der Waals surface area (Å²) >= 11 is 0. The number of aryl methyl sites for hydroxylation is 1. The van der Waals surface area contributed by atoms with E-state index in [4.69, 9.17) is 10.8 Å². The molecule has 0 saturated heterocycles. The van der Waals surface area contributed by atoms with Gasteiger partial charge in [0.2, 0.25) is 5.91 Å². The van der Waals surface area contributed by atoms with E-state index in [2.05, 4.69) is 5.32 Å². The van der Waals surface area contributed by atoms with Crippen LogP contribution in [-0.4, -0.2) is 33.5 Å². The Morgan fingerprint density at radius 3 is 2.60 bits per heavy atom. The van der Waals surface area contributed by atoms with E-state index in [1.165, 1.54) is 23.9 Å². The van der Waals surface area contributed by atoms with Crippen LogP contribution in [0.1, 0.15) is 23.2 Å². The second-order valence-electron chi connectivity index (χ2n) is 4.23. The summed E-state index contributed by atoms with van der Waals surface area (Å²) in [5, 5.41) is 11.2. The summed E-state index contributed by atoms with van der Waals surface area (Å²) in [5.74, 6) is -2.62. The fourth-order valence-electron chi connectivity index (χ4n) is 1.48. The summed E-state index contributed by atoms with van der Waals surface area (Å²) in [4.78, 5) is 44.8. The first-order valence-electron chi connectivity index (χ1n) is 5.80. The molecule has 0 unspecified atom stereocenters. The lowest BCUT2D eigenvalue weighted by Crippen LogP contribution is -2.41. The predicted molar refractivity (Wildman–Crippen MR) is 69.0 cm³/mol. The highest BCUT2D eigenvalue weighted by Gasteiger charge is 2.21. The van der Waals surface area contributed by atoms with Gasteiger partial charge in [-0.1, -0.05) is 0 Å². The summed E-state index contributed by atoms with van der Waals surface area (Å²) in [7, 11) is 1.52. The summed E-state index contributed by atoms with van der Waals surface area (Å²) < 4.78 is 1.28. The monoisotopic (exact) mass is 281 g/mol. The number of nitrogens with two attached hydrogens (primary N) is 1. The van der Waals surface area contributed by atoms with E-state index in [-0.39, 0.29) is 24.0 Å². The molecule has 0 fully saturated rings. The minimum Gasteiger partial charge on any atom is -0.480 e. The quantitative estimate of drug-likeness (QED) is 0.604. The molecule has 8 nitrogen and oxygen atoms in total. The molecule has 2 amide bonds. The van der Waals surface area contributed by atoms with Crippen molar-refractivity contribution in [2.45, 2.75) is 18.9 Å². The van der Waals surface area contributed by atoms with Crippen molar-refractivity contribution in [1.82, 2.24) is 9.88 Å². The van der Waals surface area contributed by atoms with Gasteiger partial charge in [0.1, 0.15) is 6.04 Å². The maximum absolute atomic E-state index is 11.8. The van der Waals surface area contributed by atoms with E-state index in [0.717, 1.165) is 6.07 Å². The largest absolute Gasteiger partial charge is 0.480 e. The second kappa shape index (κ2) is 6.50. The third-order valence-corrected chi connectivity index (χ3v) is 2.65. The van der Waals surface area contributed by atoms with Crippen molar-refractivity contribution in [3.63, 3.8) is 0 Å². The molecule has 0 aliphatic rings. The van der Waals surface area contributed by atoms with E-state index in [1.807, 2.05) is 0 Å². The number of carboxylic acids is 1. The molecule has 0 spiro atoms. The predicted octanol–water partition coefficient (Wildman–Crippen LogP) is -1.17. The maximum Gasteiger partial charge on any atom is 0.326 e. The Bertz CT molecular complexity index is 593.